The summed E-state index contributed by atoms with van der Waals surface area (Å²) >= 11 is 0. The molecule has 1 unspecified atom stereocenters. The zero-order valence-corrected chi connectivity index (χ0v) is 15.3. The first-order chi connectivity index (χ1) is 13.5. The predicted octanol–water partition coefficient (Wildman–Crippen LogP) is 3.60. The maximum absolute atomic E-state index is 13.0. The van der Waals surface area contributed by atoms with E-state index in [9.17, 15) is 20.6 Å². The van der Waals surface area contributed by atoms with Crippen LogP contribution >= 0.6 is 0 Å². The van der Waals surface area contributed by atoms with E-state index in [0.29, 0.717) is 28.0 Å². The number of hydrogen-bond donors (Lipinski definition) is 0. The predicted molar refractivity (Wildman–Crippen MR) is 102 cm³/mol. The van der Waals surface area contributed by atoms with Crippen LogP contribution in [0.25, 0.3) is 5.76 Å². The molecule has 0 aromatic heterocycles. The smallest absolute Gasteiger partial charge is 0.338 e. The Morgan fingerprint density at radius 2 is 1.79 bits per heavy atom. The monoisotopic (exact) mass is 379 g/mol. The van der Waals surface area contributed by atoms with Gasteiger partial charge in [-0.2, -0.15) is 10.0 Å². The molecule has 1 aliphatic heterocycles. The molecule has 1 atom stereocenters. The van der Waals surface area contributed by atoms with Crippen LogP contribution in [0.1, 0.15) is 24.5 Å². The van der Waals surface area contributed by atoms with Crippen molar-refractivity contribution in [3.63, 3.8) is 0 Å². The topological polar surface area (TPSA) is 111 Å². The summed E-state index contributed by atoms with van der Waals surface area (Å²) in [4.78, 5) is 10.3. The minimum absolute atomic E-state index is 0.0819. The SMILES string of the molecule is CCC1OC(c2ccc(OC)cc2)=C(C#N)[N+]([O-])=C1c1ccc([N+](=O)[O-])cc1. The minimum Gasteiger partial charge on any atom is -0.617 e. The van der Waals surface area contributed by atoms with Crippen LogP contribution < -0.4 is 4.74 Å². The summed E-state index contributed by atoms with van der Waals surface area (Å²) in [6.07, 6.45) is -0.128. The highest BCUT2D eigenvalue weighted by molar-refractivity contribution is 6.02. The van der Waals surface area contributed by atoms with Gasteiger partial charge in [0, 0.05) is 23.3 Å². The average molecular weight is 379 g/mol. The molecule has 2 aromatic carbocycles. The van der Waals surface area contributed by atoms with Crippen molar-refractivity contribution in [1.82, 2.24) is 0 Å². The number of hydrogen-bond acceptors (Lipinski definition) is 6. The molecule has 1 aliphatic rings. The highest BCUT2D eigenvalue weighted by Crippen LogP contribution is 2.31. The van der Waals surface area contributed by atoms with Gasteiger partial charge in [-0.05, 0) is 42.8 Å². The Morgan fingerprint density at radius 3 is 2.29 bits per heavy atom. The largest absolute Gasteiger partial charge is 0.617 e. The lowest BCUT2D eigenvalue weighted by Crippen LogP contribution is -2.35. The van der Waals surface area contributed by atoms with Crippen LogP contribution in [0.2, 0.25) is 0 Å². The molecule has 0 saturated carbocycles. The van der Waals surface area contributed by atoms with Crippen molar-refractivity contribution in [2.45, 2.75) is 19.4 Å². The Hall–Kier alpha value is -3.86. The van der Waals surface area contributed by atoms with E-state index in [1.54, 1.807) is 31.4 Å². The second kappa shape index (κ2) is 7.80. The molecule has 0 bridgehead atoms. The number of nitrogens with zero attached hydrogens (tertiary/aromatic N) is 3. The summed E-state index contributed by atoms with van der Waals surface area (Å²) in [7, 11) is 1.55. The average Bonchev–Trinajstić information content (AvgIpc) is 2.73. The van der Waals surface area contributed by atoms with Gasteiger partial charge in [0.1, 0.15) is 5.75 Å². The summed E-state index contributed by atoms with van der Waals surface area (Å²) in [6.45, 7) is 1.85. The third kappa shape index (κ3) is 3.38. The van der Waals surface area contributed by atoms with Gasteiger partial charge in [0.25, 0.3) is 5.69 Å². The van der Waals surface area contributed by atoms with Gasteiger partial charge < -0.3 is 14.7 Å². The van der Waals surface area contributed by atoms with Crippen LogP contribution in [0.15, 0.2) is 54.2 Å². The van der Waals surface area contributed by atoms with Gasteiger partial charge in [-0.3, -0.25) is 10.1 Å². The summed E-state index contributed by atoms with van der Waals surface area (Å²) in [5.41, 5.74) is 1.03. The number of non-ortho nitro benzene ring substituents is 1. The van der Waals surface area contributed by atoms with Crippen LogP contribution in [0, 0.1) is 26.7 Å². The fourth-order valence-corrected chi connectivity index (χ4v) is 2.97. The second-order valence-corrected chi connectivity index (χ2v) is 6.02. The Kier molecular flexibility index (Phi) is 5.27. The van der Waals surface area contributed by atoms with Gasteiger partial charge in [0.05, 0.1) is 12.0 Å². The summed E-state index contributed by atoms with van der Waals surface area (Å²) in [6, 6.07) is 14.4. The molecule has 8 nitrogen and oxygen atoms in total. The number of allylic oxidation sites excluding steroid dienone is 1. The summed E-state index contributed by atoms with van der Waals surface area (Å²) < 4.78 is 11.7. The lowest BCUT2D eigenvalue weighted by atomic mass is 10.00. The third-order valence-electron chi connectivity index (χ3n) is 4.40. The molecule has 0 saturated heterocycles. The number of methoxy groups -OCH3 is 1. The molecule has 2 aromatic rings. The maximum Gasteiger partial charge on any atom is 0.338 e. The van der Waals surface area contributed by atoms with Crippen molar-refractivity contribution in [1.29, 1.82) is 5.26 Å². The molecular weight excluding hydrogens is 362 g/mol. The van der Waals surface area contributed by atoms with E-state index in [0.717, 1.165) is 0 Å². The quantitative estimate of drug-likeness (QED) is 0.340. The first kappa shape index (κ1) is 18.9. The number of benzene rings is 2. The van der Waals surface area contributed by atoms with Crippen molar-refractivity contribution in [3.8, 4) is 11.8 Å². The van der Waals surface area contributed by atoms with E-state index in [1.807, 2.05) is 13.0 Å². The van der Waals surface area contributed by atoms with Gasteiger partial charge in [-0.1, -0.05) is 6.92 Å². The normalized spacial score (nSPS) is 16.4. The lowest BCUT2D eigenvalue weighted by Gasteiger charge is -2.26. The van der Waals surface area contributed by atoms with Crippen LogP contribution in [0.4, 0.5) is 5.69 Å². The van der Waals surface area contributed by atoms with Crippen molar-refractivity contribution in [2.24, 2.45) is 0 Å². The van der Waals surface area contributed by atoms with Crippen LogP contribution in [-0.2, 0) is 4.74 Å². The first-order valence-electron chi connectivity index (χ1n) is 8.54. The maximum atomic E-state index is 13.0. The van der Waals surface area contributed by atoms with Crippen LogP contribution in [0.5, 0.6) is 5.75 Å². The zero-order chi connectivity index (χ0) is 20.3. The van der Waals surface area contributed by atoms with E-state index in [-0.39, 0.29) is 22.9 Å². The molecule has 142 valence electrons. The highest BCUT2D eigenvalue weighted by atomic mass is 16.6. The second-order valence-electron chi connectivity index (χ2n) is 6.02. The Morgan fingerprint density at radius 1 is 1.18 bits per heavy atom. The molecule has 0 radical (unpaired) electrons. The molecule has 0 amide bonds. The van der Waals surface area contributed by atoms with Crippen molar-refractivity contribution in [2.75, 3.05) is 7.11 Å². The van der Waals surface area contributed by atoms with Gasteiger partial charge in [-0.25, -0.2) is 0 Å². The molecule has 0 aliphatic carbocycles. The number of ether oxygens (including phenoxy) is 2. The third-order valence-corrected chi connectivity index (χ3v) is 4.40. The van der Waals surface area contributed by atoms with E-state index in [1.165, 1.54) is 24.3 Å². The van der Waals surface area contributed by atoms with E-state index >= 15 is 0 Å². The Balaban J connectivity index is 2.12. The highest BCUT2D eigenvalue weighted by Gasteiger charge is 2.36. The first-order valence-corrected chi connectivity index (χ1v) is 8.54. The molecule has 3 rings (SSSR count). The molecule has 0 spiro atoms. The standard InChI is InChI=1S/C20H17N3O5/c1-3-18-19(13-4-8-15(9-5-13)23(25)26)22(24)17(12-21)20(28-18)14-6-10-16(27-2)11-7-14/h4-11,18H,3H2,1-2H3. The number of hydroxylamine groups is 1. The number of nitro benzene ring substituents is 1. The number of nitriles is 1. The summed E-state index contributed by atoms with van der Waals surface area (Å²) in [5, 5.41) is 33.5. The Labute approximate surface area is 161 Å². The van der Waals surface area contributed by atoms with Crippen molar-refractivity contribution < 1.29 is 19.1 Å². The van der Waals surface area contributed by atoms with Gasteiger partial charge >= 0.3 is 5.70 Å². The molecule has 0 fully saturated rings. The zero-order valence-electron chi connectivity index (χ0n) is 15.3. The molecule has 28 heavy (non-hydrogen) atoms. The summed E-state index contributed by atoms with van der Waals surface area (Å²) in [5.74, 6) is 0.834. The fraction of sp³-hybridized carbons (Fsp3) is 0.200. The molecular formula is C20H17N3O5. The van der Waals surface area contributed by atoms with E-state index < -0.39 is 11.0 Å². The van der Waals surface area contributed by atoms with Crippen LogP contribution in [-0.4, -0.2) is 28.6 Å². The number of nitro groups is 1. The van der Waals surface area contributed by atoms with Gasteiger partial charge in [0.2, 0.25) is 11.5 Å². The minimum atomic E-state index is -0.604. The van der Waals surface area contributed by atoms with Crippen LogP contribution in [0.3, 0.4) is 0 Å². The van der Waals surface area contributed by atoms with Gasteiger partial charge in [-0.15, -0.1) is 0 Å². The van der Waals surface area contributed by atoms with E-state index in [2.05, 4.69) is 0 Å². The fourth-order valence-electron chi connectivity index (χ4n) is 2.97. The Bertz CT molecular complexity index is 1000. The molecule has 8 heteroatoms. The van der Waals surface area contributed by atoms with Crippen molar-refractivity contribution in [3.05, 3.63) is 80.7 Å². The molecule has 0 N–H and O–H groups in total. The lowest BCUT2D eigenvalue weighted by molar-refractivity contribution is -0.402. The van der Waals surface area contributed by atoms with Gasteiger partial charge in [0.15, 0.2) is 12.2 Å². The van der Waals surface area contributed by atoms with E-state index in [4.69, 9.17) is 9.47 Å². The van der Waals surface area contributed by atoms with Crippen molar-refractivity contribution >= 4 is 17.2 Å². The number of rotatable bonds is 5. The molecule has 1 heterocycles.